The third-order valence-electron chi connectivity index (χ3n) is 3.46. The van der Waals surface area contributed by atoms with E-state index >= 15 is 0 Å². The fraction of sp³-hybridized carbons (Fsp3) is 0.222. The summed E-state index contributed by atoms with van der Waals surface area (Å²) in [5.41, 5.74) is -0.836. The highest BCUT2D eigenvalue weighted by atomic mass is 19.1. The second kappa shape index (κ2) is 7.29. The predicted molar refractivity (Wildman–Crippen MR) is 89.0 cm³/mol. The van der Waals surface area contributed by atoms with Gasteiger partial charge in [0.1, 0.15) is 5.82 Å². The molecular formula is C18H17F2NO4. The largest absolute Gasteiger partial charge is 0.493 e. The molecule has 25 heavy (non-hydrogen) atoms. The molecule has 0 aliphatic carbocycles. The van der Waals surface area contributed by atoms with Crippen molar-refractivity contribution in [1.82, 2.24) is 4.40 Å². The second-order valence-electron chi connectivity index (χ2n) is 5.40. The molecule has 0 bridgehead atoms. The Kier molecular flexibility index (Phi) is 5.36. The Morgan fingerprint density at radius 2 is 2.12 bits per heavy atom. The van der Waals surface area contributed by atoms with Crippen molar-refractivity contribution < 1.29 is 23.4 Å². The lowest BCUT2D eigenvalue weighted by Crippen LogP contribution is -2.23. The Labute approximate surface area is 142 Å². The molecule has 2 heterocycles. The van der Waals surface area contributed by atoms with Crippen molar-refractivity contribution in [1.29, 1.82) is 0 Å². The standard InChI is InChI=1S/C18H17F2NO4/c1-4-25-18(24)15-16(22)13(8-10(2)7-11(3)19)14-6-5-12(20)9-21(14)17(15)23/h5-7,9,23H,2,4,8H2,1,3H3/b11-7+. The maximum absolute atomic E-state index is 13.6. The van der Waals surface area contributed by atoms with Crippen LogP contribution in [0.25, 0.3) is 5.52 Å². The molecule has 1 N–H and O–H groups in total. The number of carbonyl (C=O) groups is 1. The first-order valence-corrected chi connectivity index (χ1v) is 7.50. The lowest BCUT2D eigenvalue weighted by atomic mass is 10.0. The van der Waals surface area contributed by atoms with Crippen LogP contribution < -0.4 is 5.43 Å². The summed E-state index contributed by atoms with van der Waals surface area (Å²) in [5.74, 6) is -2.91. The van der Waals surface area contributed by atoms with Crippen molar-refractivity contribution >= 4 is 11.5 Å². The number of hydrogen-bond acceptors (Lipinski definition) is 4. The number of pyridine rings is 2. The van der Waals surface area contributed by atoms with Gasteiger partial charge in [-0.25, -0.2) is 13.6 Å². The molecular weight excluding hydrogens is 332 g/mol. The minimum Gasteiger partial charge on any atom is -0.493 e. The average Bonchev–Trinajstić information content (AvgIpc) is 2.51. The van der Waals surface area contributed by atoms with Crippen LogP contribution in [0.4, 0.5) is 8.78 Å². The molecule has 132 valence electrons. The lowest BCUT2D eigenvalue weighted by molar-refractivity contribution is 0.0520. The average molecular weight is 349 g/mol. The van der Waals surface area contributed by atoms with E-state index in [1.54, 1.807) is 6.92 Å². The fourth-order valence-corrected chi connectivity index (χ4v) is 2.50. The Morgan fingerprint density at radius 1 is 1.44 bits per heavy atom. The van der Waals surface area contributed by atoms with E-state index in [9.17, 15) is 23.5 Å². The third kappa shape index (κ3) is 3.76. The van der Waals surface area contributed by atoms with Crippen LogP contribution in [0.3, 0.4) is 0 Å². The number of esters is 1. The van der Waals surface area contributed by atoms with Gasteiger partial charge in [0.15, 0.2) is 5.56 Å². The van der Waals surface area contributed by atoms with Gasteiger partial charge < -0.3 is 9.84 Å². The maximum Gasteiger partial charge on any atom is 0.347 e. The van der Waals surface area contributed by atoms with Crippen LogP contribution in [0.5, 0.6) is 5.88 Å². The van der Waals surface area contributed by atoms with Crippen molar-refractivity contribution in [2.24, 2.45) is 0 Å². The smallest absolute Gasteiger partial charge is 0.347 e. The van der Waals surface area contributed by atoms with Gasteiger partial charge in [-0.1, -0.05) is 6.58 Å². The molecule has 0 saturated heterocycles. The highest BCUT2D eigenvalue weighted by Crippen LogP contribution is 2.23. The number of allylic oxidation sites excluding steroid dienone is 3. The van der Waals surface area contributed by atoms with Crippen LogP contribution >= 0.6 is 0 Å². The molecule has 5 nitrogen and oxygen atoms in total. The van der Waals surface area contributed by atoms with Crippen LogP contribution in [0, 0.1) is 5.82 Å². The Hall–Kier alpha value is -2.96. The molecule has 0 unspecified atom stereocenters. The van der Waals surface area contributed by atoms with E-state index in [2.05, 4.69) is 6.58 Å². The van der Waals surface area contributed by atoms with Crippen LogP contribution in [0.15, 0.2) is 47.2 Å². The Bertz CT molecular complexity index is 940. The van der Waals surface area contributed by atoms with Gasteiger partial charge in [0.05, 0.1) is 18.0 Å². The Balaban J connectivity index is 2.78. The van der Waals surface area contributed by atoms with Gasteiger partial charge in [-0.2, -0.15) is 0 Å². The van der Waals surface area contributed by atoms with Gasteiger partial charge in [0.2, 0.25) is 11.3 Å². The van der Waals surface area contributed by atoms with Gasteiger partial charge in [-0.3, -0.25) is 9.20 Å². The van der Waals surface area contributed by atoms with Gasteiger partial charge in [0.25, 0.3) is 0 Å². The summed E-state index contributed by atoms with van der Waals surface area (Å²) in [6.07, 6.45) is 2.01. The first-order chi connectivity index (χ1) is 11.8. The van der Waals surface area contributed by atoms with Crippen LogP contribution in [0.1, 0.15) is 29.8 Å². The molecule has 2 rings (SSSR count). The number of hydrogen-bond donors (Lipinski definition) is 1. The number of aromatic hydroxyl groups is 1. The van der Waals surface area contributed by atoms with Gasteiger partial charge in [0, 0.05) is 18.2 Å². The van der Waals surface area contributed by atoms with Gasteiger partial charge >= 0.3 is 5.97 Å². The molecule has 0 fully saturated rings. The van der Waals surface area contributed by atoms with Gasteiger partial charge in [-0.05, 0) is 37.6 Å². The second-order valence-corrected chi connectivity index (χ2v) is 5.40. The highest BCUT2D eigenvalue weighted by Gasteiger charge is 2.24. The van der Waals surface area contributed by atoms with Crippen LogP contribution in [0.2, 0.25) is 0 Å². The minimum atomic E-state index is -1.02. The van der Waals surface area contributed by atoms with Crippen molar-refractivity contribution in [3.63, 3.8) is 0 Å². The number of halogens is 2. The number of nitrogens with zero attached hydrogens (tertiary/aromatic N) is 1. The maximum atomic E-state index is 13.6. The number of aromatic nitrogens is 1. The van der Waals surface area contributed by atoms with E-state index in [1.165, 1.54) is 13.0 Å². The van der Waals surface area contributed by atoms with E-state index in [-0.39, 0.29) is 29.7 Å². The third-order valence-corrected chi connectivity index (χ3v) is 3.46. The van der Waals surface area contributed by atoms with E-state index in [4.69, 9.17) is 4.74 Å². The van der Waals surface area contributed by atoms with E-state index in [0.717, 1.165) is 22.7 Å². The molecule has 0 amide bonds. The SMILES string of the molecule is C=C(/C=C(\C)F)Cc1c(=O)c(C(=O)OCC)c(O)n2cc(F)ccc12. The number of fused-ring (bicyclic) bond motifs is 1. The molecule has 2 aromatic rings. The van der Waals surface area contributed by atoms with Crippen molar-refractivity contribution in [3.05, 3.63) is 69.6 Å². The molecule has 0 aliphatic heterocycles. The van der Waals surface area contributed by atoms with E-state index < -0.39 is 34.5 Å². The summed E-state index contributed by atoms with van der Waals surface area (Å²) < 4.78 is 32.4. The highest BCUT2D eigenvalue weighted by molar-refractivity contribution is 5.93. The summed E-state index contributed by atoms with van der Waals surface area (Å²) in [6.45, 7) is 6.44. The molecule has 0 aliphatic rings. The molecule has 0 spiro atoms. The van der Waals surface area contributed by atoms with Crippen LogP contribution in [-0.4, -0.2) is 22.1 Å². The van der Waals surface area contributed by atoms with Crippen molar-refractivity contribution in [3.8, 4) is 5.88 Å². The summed E-state index contributed by atoms with van der Waals surface area (Å²) >= 11 is 0. The van der Waals surface area contributed by atoms with Crippen molar-refractivity contribution in [2.45, 2.75) is 20.3 Å². The quantitative estimate of drug-likeness (QED) is 0.664. The molecule has 7 heteroatoms. The predicted octanol–water partition coefficient (Wildman–Crippen LogP) is 3.29. The number of rotatable bonds is 5. The number of ether oxygens (including phenoxy) is 1. The summed E-state index contributed by atoms with van der Waals surface area (Å²) in [4.78, 5) is 24.7. The Morgan fingerprint density at radius 3 is 2.72 bits per heavy atom. The van der Waals surface area contributed by atoms with E-state index in [0.29, 0.717) is 0 Å². The van der Waals surface area contributed by atoms with Gasteiger partial charge in [-0.15, -0.1) is 0 Å². The summed E-state index contributed by atoms with van der Waals surface area (Å²) in [6, 6.07) is 2.40. The zero-order valence-electron chi connectivity index (χ0n) is 13.8. The first kappa shape index (κ1) is 18.4. The van der Waals surface area contributed by atoms with E-state index in [1.807, 2.05) is 0 Å². The number of carbonyl (C=O) groups excluding carboxylic acids is 1. The molecule has 0 radical (unpaired) electrons. The topological polar surface area (TPSA) is 68.0 Å². The molecule has 0 aromatic carbocycles. The van der Waals surface area contributed by atoms with Crippen LogP contribution in [-0.2, 0) is 11.2 Å². The zero-order chi connectivity index (χ0) is 18.7. The lowest BCUT2D eigenvalue weighted by Gasteiger charge is -2.13. The summed E-state index contributed by atoms with van der Waals surface area (Å²) in [7, 11) is 0. The van der Waals surface area contributed by atoms with Crippen molar-refractivity contribution in [2.75, 3.05) is 6.61 Å². The minimum absolute atomic E-state index is 0.00457. The fourth-order valence-electron chi connectivity index (χ4n) is 2.50. The monoisotopic (exact) mass is 349 g/mol. The molecule has 0 atom stereocenters. The first-order valence-electron chi connectivity index (χ1n) is 7.50. The zero-order valence-corrected chi connectivity index (χ0v) is 13.8. The summed E-state index contributed by atoms with van der Waals surface area (Å²) in [5, 5.41) is 10.3. The molecule has 2 aromatic heterocycles. The normalized spacial score (nSPS) is 11.6. The molecule has 0 saturated carbocycles.